The zero-order valence-corrected chi connectivity index (χ0v) is 19.6. The molecule has 1 fully saturated rings. The van der Waals surface area contributed by atoms with E-state index in [-0.39, 0.29) is 17.9 Å². The molecular weight excluding hydrogens is 436 g/mol. The zero-order valence-electron chi connectivity index (χ0n) is 19.6. The van der Waals surface area contributed by atoms with Gasteiger partial charge in [-0.3, -0.25) is 9.69 Å². The molecule has 0 atom stereocenters. The predicted molar refractivity (Wildman–Crippen MR) is 126 cm³/mol. The number of aromatic nitrogens is 2. The number of rotatable bonds is 12. The minimum absolute atomic E-state index is 0.00634. The van der Waals surface area contributed by atoms with E-state index in [1.54, 1.807) is 19.1 Å². The highest BCUT2D eigenvalue weighted by Gasteiger charge is 2.35. The van der Waals surface area contributed by atoms with E-state index in [0.29, 0.717) is 32.2 Å². The number of methoxy groups -OCH3 is 2. The molecule has 3 aromatic rings. The molecule has 1 aliphatic heterocycles. The summed E-state index contributed by atoms with van der Waals surface area (Å²) in [5.41, 5.74) is 1.97. The molecule has 2 aromatic carbocycles. The molecule has 1 aromatic heterocycles. The summed E-state index contributed by atoms with van der Waals surface area (Å²) in [4.78, 5) is 16.6. The summed E-state index contributed by atoms with van der Waals surface area (Å²) in [5, 5.41) is 7.89. The third-order valence-electron chi connectivity index (χ3n) is 5.62. The number of nitrogens with zero attached hydrogens (tertiary/aromatic N) is 4. The van der Waals surface area contributed by atoms with E-state index in [1.165, 1.54) is 5.56 Å². The van der Waals surface area contributed by atoms with E-state index < -0.39 is 0 Å². The van der Waals surface area contributed by atoms with Gasteiger partial charge in [0.15, 0.2) is 0 Å². The Morgan fingerprint density at radius 1 is 1.00 bits per heavy atom. The lowest BCUT2D eigenvalue weighted by molar-refractivity contribution is 0.0150. The average molecular weight is 467 g/mol. The standard InChI is InChI=1S/C25H30N4O5/c1-31-14-12-28(13-15-32-2)16-19-8-10-21(11-9-19)33-22-17-29(18-22)25(30)24-27-26-23(34-24)20-6-4-3-5-7-20/h3-11,22H,12-18H2,1-2H3. The molecule has 1 aliphatic rings. The summed E-state index contributed by atoms with van der Waals surface area (Å²) in [5.74, 6) is 0.830. The van der Waals surface area contributed by atoms with Crippen LogP contribution in [-0.2, 0) is 16.0 Å². The van der Waals surface area contributed by atoms with Crippen LogP contribution in [0.3, 0.4) is 0 Å². The number of benzene rings is 2. The maximum Gasteiger partial charge on any atom is 0.311 e. The van der Waals surface area contributed by atoms with Gasteiger partial charge in [-0.15, -0.1) is 10.2 Å². The maximum atomic E-state index is 12.6. The molecule has 1 amide bonds. The quantitative estimate of drug-likeness (QED) is 0.403. The Morgan fingerprint density at radius 2 is 1.68 bits per heavy atom. The molecular formula is C25H30N4O5. The monoisotopic (exact) mass is 466 g/mol. The summed E-state index contributed by atoms with van der Waals surface area (Å²) < 4.78 is 22.0. The van der Waals surface area contributed by atoms with Crippen molar-refractivity contribution in [2.24, 2.45) is 0 Å². The summed E-state index contributed by atoms with van der Waals surface area (Å²) in [6.07, 6.45) is -0.0637. The number of amides is 1. The lowest BCUT2D eigenvalue weighted by atomic mass is 10.1. The van der Waals surface area contributed by atoms with Crippen molar-refractivity contribution in [1.82, 2.24) is 20.0 Å². The van der Waals surface area contributed by atoms with Crippen LogP contribution in [0.1, 0.15) is 16.2 Å². The lowest BCUT2D eigenvalue weighted by Crippen LogP contribution is -2.56. The normalized spacial score (nSPS) is 13.8. The Kier molecular flexibility index (Phi) is 8.24. The van der Waals surface area contributed by atoms with Gasteiger partial charge in [0, 0.05) is 39.4 Å². The van der Waals surface area contributed by atoms with Crippen LogP contribution in [0.25, 0.3) is 11.5 Å². The molecule has 1 saturated heterocycles. The second-order valence-electron chi connectivity index (χ2n) is 8.13. The van der Waals surface area contributed by atoms with E-state index >= 15 is 0 Å². The van der Waals surface area contributed by atoms with E-state index in [1.807, 2.05) is 42.5 Å². The van der Waals surface area contributed by atoms with Gasteiger partial charge in [0.2, 0.25) is 5.89 Å². The van der Waals surface area contributed by atoms with Crippen LogP contribution in [0, 0.1) is 0 Å². The van der Waals surface area contributed by atoms with Crippen molar-refractivity contribution >= 4 is 5.91 Å². The predicted octanol–water partition coefficient (Wildman–Crippen LogP) is 2.73. The fourth-order valence-corrected chi connectivity index (χ4v) is 3.66. The highest BCUT2D eigenvalue weighted by atomic mass is 16.5. The summed E-state index contributed by atoms with van der Waals surface area (Å²) in [7, 11) is 3.42. The number of ether oxygens (including phenoxy) is 3. The molecule has 0 aliphatic carbocycles. The van der Waals surface area contributed by atoms with Crippen molar-refractivity contribution in [1.29, 1.82) is 0 Å². The van der Waals surface area contributed by atoms with Crippen molar-refractivity contribution in [2.75, 3.05) is 53.6 Å². The zero-order chi connectivity index (χ0) is 23.8. The second-order valence-corrected chi connectivity index (χ2v) is 8.13. The molecule has 34 heavy (non-hydrogen) atoms. The molecule has 0 bridgehead atoms. The van der Waals surface area contributed by atoms with Gasteiger partial charge in [0.05, 0.1) is 26.3 Å². The van der Waals surface area contributed by atoms with Crippen molar-refractivity contribution in [3.63, 3.8) is 0 Å². The highest BCUT2D eigenvalue weighted by molar-refractivity contribution is 5.90. The molecule has 9 heteroatoms. The van der Waals surface area contributed by atoms with Crippen LogP contribution in [0.5, 0.6) is 5.75 Å². The van der Waals surface area contributed by atoms with Gasteiger partial charge in [-0.1, -0.05) is 30.3 Å². The molecule has 0 N–H and O–H groups in total. The number of carbonyl (C=O) groups excluding carboxylic acids is 1. The van der Waals surface area contributed by atoms with Crippen LogP contribution >= 0.6 is 0 Å². The SMILES string of the molecule is COCCN(CCOC)Cc1ccc(OC2CN(C(=O)c3nnc(-c4ccccc4)o3)C2)cc1. The molecule has 0 saturated carbocycles. The van der Waals surface area contributed by atoms with Crippen molar-refractivity contribution in [3.8, 4) is 17.2 Å². The Hall–Kier alpha value is -3.27. The molecule has 4 rings (SSSR count). The number of carbonyl (C=O) groups is 1. The van der Waals surface area contributed by atoms with E-state index in [9.17, 15) is 4.79 Å². The largest absolute Gasteiger partial charge is 0.487 e. The van der Waals surface area contributed by atoms with Crippen LogP contribution in [0.2, 0.25) is 0 Å². The molecule has 0 spiro atoms. The van der Waals surface area contributed by atoms with Crippen LogP contribution in [0.15, 0.2) is 59.0 Å². The lowest BCUT2D eigenvalue weighted by Gasteiger charge is -2.38. The third-order valence-corrected chi connectivity index (χ3v) is 5.62. The van der Waals surface area contributed by atoms with Crippen LogP contribution < -0.4 is 4.74 Å². The Balaban J connectivity index is 1.25. The topological polar surface area (TPSA) is 90.2 Å². The van der Waals surface area contributed by atoms with E-state index in [2.05, 4.69) is 27.2 Å². The number of hydrogen-bond donors (Lipinski definition) is 0. The minimum Gasteiger partial charge on any atom is -0.487 e. The van der Waals surface area contributed by atoms with Crippen molar-refractivity contribution in [3.05, 3.63) is 66.1 Å². The van der Waals surface area contributed by atoms with Gasteiger partial charge in [-0.2, -0.15) is 0 Å². The summed E-state index contributed by atoms with van der Waals surface area (Å²) in [6, 6.07) is 17.4. The first-order valence-electron chi connectivity index (χ1n) is 11.3. The molecule has 180 valence electrons. The van der Waals surface area contributed by atoms with Crippen molar-refractivity contribution in [2.45, 2.75) is 12.6 Å². The fourth-order valence-electron chi connectivity index (χ4n) is 3.66. The van der Waals surface area contributed by atoms with Crippen molar-refractivity contribution < 1.29 is 23.4 Å². The van der Waals surface area contributed by atoms with Gasteiger partial charge in [0.1, 0.15) is 11.9 Å². The van der Waals surface area contributed by atoms with Gasteiger partial charge in [-0.25, -0.2) is 0 Å². The Bertz CT molecular complexity index is 1030. The molecule has 0 unspecified atom stereocenters. The summed E-state index contributed by atoms with van der Waals surface area (Å²) >= 11 is 0. The number of hydrogen-bond acceptors (Lipinski definition) is 8. The molecule has 2 heterocycles. The van der Waals surface area contributed by atoms with Gasteiger partial charge >= 0.3 is 11.8 Å². The Morgan fingerprint density at radius 3 is 2.32 bits per heavy atom. The van der Waals surface area contributed by atoms with Gasteiger partial charge in [0.25, 0.3) is 0 Å². The van der Waals surface area contributed by atoms with Gasteiger partial charge in [-0.05, 0) is 29.8 Å². The van der Waals surface area contributed by atoms with Crippen LogP contribution in [0.4, 0.5) is 0 Å². The average Bonchev–Trinajstić information content (AvgIpc) is 3.34. The first-order valence-corrected chi connectivity index (χ1v) is 11.3. The first-order chi connectivity index (χ1) is 16.7. The van der Waals surface area contributed by atoms with E-state index in [4.69, 9.17) is 18.6 Å². The minimum atomic E-state index is -0.280. The smallest absolute Gasteiger partial charge is 0.311 e. The molecule has 9 nitrogen and oxygen atoms in total. The second kappa shape index (κ2) is 11.7. The third kappa shape index (κ3) is 6.19. The van der Waals surface area contributed by atoms with Gasteiger partial charge < -0.3 is 23.5 Å². The first kappa shape index (κ1) is 23.9. The Labute approximate surface area is 199 Å². The molecule has 0 radical (unpaired) electrons. The highest BCUT2D eigenvalue weighted by Crippen LogP contribution is 2.22. The van der Waals surface area contributed by atoms with Crippen LogP contribution in [-0.4, -0.2) is 85.6 Å². The summed E-state index contributed by atoms with van der Waals surface area (Å²) in [6.45, 7) is 4.82. The fraction of sp³-hybridized carbons (Fsp3) is 0.400. The van der Waals surface area contributed by atoms with E-state index in [0.717, 1.165) is 30.9 Å². The number of likely N-dealkylation sites (tertiary alicyclic amines) is 1. The maximum absolute atomic E-state index is 12.6.